The van der Waals surface area contributed by atoms with Crippen molar-refractivity contribution in [3.05, 3.63) is 16.1 Å². The molecule has 10 heteroatoms. The monoisotopic (exact) mass is 476 g/mol. The van der Waals surface area contributed by atoms with E-state index in [1.807, 2.05) is 0 Å². The van der Waals surface area contributed by atoms with Crippen molar-refractivity contribution in [2.24, 2.45) is 4.99 Å². The first kappa shape index (κ1) is 19.7. The molecule has 24 heavy (non-hydrogen) atoms. The Morgan fingerprint density at radius 1 is 1.46 bits per heavy atom. The predicted octanol–water partition coefficient (Wildman–Crippen LogP) is 2.81. The van der Waals surface area contributed by atoms with Gasteiger partial charge >= 0.3 is 6.18 Å². The average Bonchev–Trinajstić information content (AvgIpc) is 3.21. The van der Waals surface area contributed by atoms with Gasteiger partial charge in [-0.2, -0.15) is 13.2 Å². The second-order valence-electron chi connectivity index (χ2n) is 5.73. The number of nitrogens with zero attached hydrogens (tertiary/aromatic N) is 2. The standard InChI is InChI=1S/C14H19F3N4OS.HI/c1-18-13(20-9-6-8-2-3-10(9)22-8)19-5-4-12-21-11(7-23-12)14(15,16)17;/h7-10H,2-6H2,1H3,(H2,18,19,20);1H. The highest BCUT2D eigenvalue weighted by Gasteiger charge is 2.41. The van der Waals surface area contributed by atoms with Gasteiger partial charge in [-0.1, -0.05) is 0 Å². The van der Waals surface area contributed by atoms with Crippen molar-refractivity contribution in [1.29, 1.82) is 0 Å². The van der Waals surface area contributed by atoms with Crippen molar-refractivity contribution < 1.29 is 17.9 Å². The minimum atomic E-state index is -4.37. The molecule has 0 aromatic carbocycles. The molecule has 5 nitrogen and oxygen atoms in total. The van der Waals surface area contributed by atoms with E-state index in [9.17, 15) is 13.2 Å². The van der Waals surface area contributed by atoms with E-state index in [0.717, 1.165) is 36.0 Å². The first-order valence-corrected chi connectivity index (χ1v) is 8.48. The van der Waals surface area contributed by atoms with E-state index in [0.29, 0.717) is 30.0 Å². The average molecular weight is 476 g/mol. The molecule has 2 aliphatic heterocycles. The molecule has 0 radical (unpaired) electrons. The van der Waals surface area contributed by atoms with Gasteiger partial charge in [0.2, 0.25) is 0 Å². The molecule has 136 valence electrons. The van der Waals surface area contributed by atoms with Crippen LogP contribution < -0.4 is 10.6 Å². The fourth-order valence-corrected chi connectivity index (χ4v) is 3.81. The summed E-state index contributed by atoms with van der Waals surface area (Å²) in [6, 6.07) is 0.261. The number of thiazole rings is 1. The number of nitrogens with one attached hydrogen (secondary N) is 2. The number of hydrogen-bond donors (Lipinski definition) is 2. The lowest BCUT2D eigenvalue weighted by atomic mass is 9.96. The van der Waals surface area contributed by atoms with Gasteiger partial charge in [0.15, 0.2) is 11.7 Å². The molecule has 3 unspecified atom stereocenters. The molecule has 2 N–H and O–H groups in total. The van der Waals surface area contributed by atoms with Crippen LogP contribution in [0.3, 0.4) is 0 Å². The number of aromatic nitrogens is 1. The van der Waals surface area contributed by atoms with Crippen LogP contribution in [0.1, 0.15) is 30.0 Å². The fraction of sp³-hybridized carbons (Fsp3) is 0.714. The molecular formula is C14H20F3IN4OS. The van der Waals surface area contributed by atoms with E-state index in [2.05, 4.69) is 20.6 Å². The highest BCUT2D eigenvalue weighted by atomic mass is 127. The highest BCUT2D eigenvalue weighted by Crippen LogP contribution is 2.34. The lowest BCUT2D eigenvalue weighted by Crippen LogP contribution is -2.47. The van der Waals surface area contributed by atoms with Gasteiger partial charge in [0.05, 0.1) is 23.3 Å². The molecule has 3 rings (SSSR count). The minimum absolute atomic E-state index is 0. The maximum atomic E-state index is 12.5. The van der Waals surface area contributed by atoms with Gasteiger partial charge in [-0.3, -0.25) is 4.99 Å². The third-order valence-corrected chi connectivity index (χ3v) is 5.03. The third kappa shape index (κ3) is 4.72. The number of fused-ring (bicyclic) bond motifs is 2. The van der Waals surface area contributed by atoms with Crippen LogP contribution in [0.2, 0.25) is 0 Å². The molecule has 0 spiro atoms. The first-order valence-electron chi connectivity index (χ1n) is 7.60. The predicted molar refractivity (Wildman–Crippen MR) is 97.0 cm³/mol. The number of aliphatic imine (C=N–C) groups is 1. The second-order valence-corrected chi connectivity index (χ2v) is 6.68. The Labute approximate surface area is 159 Å². The Hall–Kier alpha value is -0.620. The molecule has 2 bridgehead atoms. The Kier molecular flexibility index (Phi) is 6.71. The Morgan fingerprint density at radius 2 is 2.25 bits per heavy atom. The summed E-state index contributed by atoms with van der Waals surface area (Å²) in [6.07, 6.45) is -0.180. The minimum Gasteiger partial charge on any atom is -0.373 e. The number of rotatable bonds is 4. The molecular weight excluding hydrogens is 456 g/mol. The van der Waals surface area contributed by atoms with Gasteiger partial charge in [-0.05, 0) is 19.3 Å². The molecule has 2 fully saturated rings. The summed E-state index contributed by atoms with van der Waals surface area (Å²) in [6.45, 7) is 0.478. The molecule has 2 saturated heterocycles. The van der Waals surface area contributed by atoms with Crippen molar-refractivity contribution in [3.63, 3.8) is 0 Å². The molecule has 0 saturated carbocycles. The van der Waals surface area contributed by atoms with Crippen LogP contribution in [-0.2, 0) is 17.3 Å². The molecule has 0 aliphatic carbocycles. The van der Waals surface area contributed by atoms with Crippen LogP contribution >= 0.6 is 35.3 Å². The van der Waals surface area contributed by atoms with E-state index in [-0.39, 0.29) is 36.1 Å². The Balaban J connectivity index is 0.00000208. The first-order chi connectivity index (χ1) is 11.0. The van der Waals surface area contributed by atoms with Crippen LogP contribution in [-0.4, -0.2) is 42.8 Å². The molecule has 2 aliphatic rings. The zero-order chi connectivity index (χ0) is 16.4. The lowest BCUT2D eigenvalue weighted by Gasteiger charge is -2.22. The number of alkyl halides is 3. The smallest absolute Gasteiger partial charge is 0.373 e. The Bertz CT molecular complexity index is 581. The second kappa shape index (κ2) is 8.17. The SMILES string of the molecule is CN=C(NCCc1nc(C(F)(F)F)cs1)NC1CC2CCC1O2.I. The molecule has 1 aromatic rings. The van der Waals surface area contributed by atoms with Crippen LogP contribution in [0.5, 0.6) is 0 Å². The summed E-state index contributed by atoms with van der Waals surface area (Å²) in [7, 11) is 1.68. The molecule has 1 aromatic heterocycles. The highest BCUT2D eigenvalue weighted by molar-refractivity contribution is 14.0. The summed E-state index contributed by atoms with van der Waals surface area (Å²) in [4.78, 5) is 7.76. The molecule has 3 heterocycles. The van der Waals surface area contributed by atoms with Crippen LogP contribution in [0.4, 0.5) is 13.2 Å². The Morgan fingerprint density at radius 3 is 2.79 bits per heavy atom. The van der Waals surface area contributed by atoms with Crippen molar-refractivity contribution >= 4 is 41.3 Å². The summed E-state index contributed by atoms with van der Waals surface area (Å²) in [5.74, 6) is 0.652. The van der Waals surface area contributed by atoms with Gasteiger partial charge in [0.25, 0.3) is 0 Å². The zero-order valence-electron chi connectivity index (χ0n) is 13.1. The van der Waals surface area contributed by atoms with Crippen LogP contribution in [0.25, 0.3) is 0 Å². The number of ether oxygens (including phenoxy) is 1. The zero-order valence-corrected chi connectivity index (χ0v) is 16.2. The topological polar surface area (TPSA) is 58.5 Å². The lowest BCUT2D eigenvalue weighted by molar-refractivity contribution is -0.140. The maximum absolute atomic E-state index is 12.5. The van der Waals surface area contributed by atoms with E-state index >= 15 is 0 Å². The fourth-order valence-electron chi connectivity index (χ4n) is 3.00. The quantitative estimate of drug-likeness (QED) is 0.399. The van der Waals surface area contributed by atoms with E-state index in [4.69, 9.17) is 4.74 Å². The van der Waals surface area contributed by atoms with Crippen LogP contribution in [0.15, 0.2) is 10.4 Å². The summed E-state index contributed by atoms with van der Waals surface area (Å²) in [5.41, 5.74) is -0.820. The summed E-state index contributed by atoms with van der Waals surface area (Å²) < 4.78 is 43.3. The van der Waals surface area contributed by atoms with Gasteiger partial charge in [0, 0.05) is 25.4 Å². The van der Waals surface area contributed by atoms with Gasteiger partial charge in [-0.25, -0.2) is 4.98 Å². The summed E-state index contributed by atoms with van der Waals surface area (Å²) in [5, 5.41) is 7.96. The van der Waals surface area contributed by atoms with E-state index < -0.39 is 11.9 Å². The third-order valence-electron chi connectivity index (χ3n) is 4.13. The molecule has 3 atom stereocenters. The summed E-state index contributed by atoms with van der Waals surface area (Å²) >= 11 is 1.03. The van der Waals surface area contributed by atoms with E-state index in [1.54, 1.807) is 7.05 Å². The van der Waals surface area contributed by atoms with Gasteiger partial charge in [0.1, 0.15) is 0 Å². The number of guanidine groups is 1. The van der Waals surface area contributed by atoms with Gasteiger partial charge < -0.3 is 15.4 Å². The maximum Gasteiger partial charge on any atom is 0.434 e. The van der Waals surface area contributed by atoms with Crippen LogP contribution in [0, 0.1) is 0 Å². The number of hydrogen-bond acceptors (Lipinski definition) is 4. The van der Waals surface area contributed by atoms with Crippen molar-refractivity contribution in [2.45, 2.75) is 50.1 Å². The largest absolute Gasteiger partial charge is 0.434 e. The molecule has 0 amide bonds. The van der Waals surface area contributed by atoms with Gasteiger partial charge in [-0.15, -0.1) is 35.3 Å². The van der Waals surface area contributed by atoms with Crippen molar-refractivity contribution in [3.8, 4) is 0 Å². The van der Waals surface area contributed by atoms with Crippen molar-refractivity contribution in [1.82, 2.24) is 15.6 Å². The van der Waals surface area contributed by atoms with E-state index in [1.165, 1.54) is 0 Å². The number of halogens is 4. The van der Waals surface area contributed by atoms with Crippen molar-refractivity contribution in [2.75, 3.05) is 13.6 Å². The normalized spacial score (nSPS) is 26.3.